The molecule has 0 unspecified atom stereocenters. The Labute approximate surface area is 302 Å². The third-order valence-electron chi connectivity index (χ3n) is 14.4. The third kappa shape index (κ3) is 4.67. The van der Waals surface area contributed by atoms with Crippen LogP contribution in [0.1, 0.15) is 113 Å². The van der Waals surface area contributed by atoms with Gasteiger partial charge in [-0.2, -0.15) is 0 Å². The van der Waals surface area contributed by atoms with Crippen LogP contribution in [0, 0.1) is 17.8 Å². The fourth-order valence-corrected chi connectivity index (χ4v) is 12.3. The maximum absolute atomic E-state index is 6.37. The molecule has 6 aliphatic carbocycles. The van der Waals surface area contributed by atoms with E-state index < -0.39 is 0 Å². The molecule has 5 saturated carbocycles. The smallest absolute Gasteiger partial charge is 0.136 e. The van der Waals surface area contributed by atoms with Crippen LogP contribution in [0.2, 0.25) is 0 Å². The average molecular weight is 668 g/mol. The molecule has 256 valence electrons. The van der Waals surface area contributed by atoms with Gasteiger partial charge in [0.15, 0.2) is 0 Å². The first-order valence-electron chi connectivity index (χ1n) is 20.0. The Hall–Kier alpha value is -4.30. The van der Waals surface area contributed by atoms with Gasteiger partial charge in [-0.15, -0.1) is 0 Å². The van der Waals surface area contributed by atoms with Crippen LogP contribution in [0.3, 0.4) is 0 Å². The van der Waals surface area contributed by atoms with Gasteiger partial charge in [-0.1, -0.05) is 81.6 Å². The van der Waals surface area contributed by atoms with Gasteiger partial charge in [-0.25, -0.2) is 0 Å². The molecule has 12 rings (SSSR count). The monoisotopic (exact) mass is 667 g/mol. The van der Waals surface area contributed by atoms with Gasteiger partial charge < -0.3 is 9.32 Å². The summed E-state index contributed by atoms with van der Waals surface area (Å²) in [6, 6.07) is 39.9. The van der Waals surface area contributed by atoms with Crippen molar-refractivity contribution >= 4 is 39.0 Å². The second kappa shape index (κ2) is 11.1. The standard InChI is InChI=1S/C49H49NO/c1-48(2)44-25-39(20-21-40(44)42-27-47-43(26-45(42)48)41-10-6-7-11-46(41)51-47)50(37-16-12-35(13-17-37)34-8-4-3-5-9-34)38-18-14-36(15-19-38)49-28-31-22-32(29-49)24-33(23-31)30-49/h6-7,10-21,25-27,31-34H,3-5,8-9,22-24,28-30H2,1-2H3. The molecule has 5 aromatic carbocycles. The van der Waals surface area contributed by atoms with Gasteiger partial charge in [0, 0.05) is 33.2 Å². The summed E-state index contributed by atoms with van der Waals surface area (Å²) in [4.78, 5) is 2.52. The van der Waals surface area contributed by atoms with Crippen molar-refractivity contribution in [1.29, 1.82) is 0 Å². The molecular formula is C49H49NO. The van der Waals surface area contributed by atoms with E-state index in [9.17, 15) is 0 Å². The minimum Gasteiger partial charge on any atom is -0.456 e. The molecule has 6 aromatic rings. The topological polar surface area (TPSA) is 16.4 Å². The molecule has 5 fully saturated rings. The van der Waals surface area contributed by atoms with Crippen molar-refractivity contribution in [1.82, 2.24) is 0 Å². The molecule has 4 bridgehead atoms. The lowest BCUT2D eigenvalue weighted by atomic mass is 9.48. The van der Waals surface area contributed by atoms with E-state index in [0.29, 0.717) is 11.3 Å². The lowest BCUT2D eigenvalue weighted by molar-refractivity contribution is -0.00518. The van der Waals surface area contributed by atoms with Crippen LogP contribution in [-0.4, -0.2) is 0 Å². The SMILES string of the molecule is CC1(C)c2cc(N(c3ccc(C4CCCCC4)cc3)c3ccc(C45CC6CC(CC(C6)C4)C5)cc3)ccc2-c2cc3oc4ccccc4c3cc21. The molecule has 0 spiro atoms. The van der Waals surface area contributed by atoms with E-state index in [1.807, 2.05) is 0 Å². The maximum atomic E-state index is 6.37. The molecule has 0 atom stereocenters. The minimum absolute atomic E-state index is 0.133. The molecule has 1 aromatic heterocycles. The summed E-state index contributed by atoms with van der Waals surface area (Å²) in [6.07, 6.45) is 15.5. The highest BCUT2D eigenvalue weighted by Gasteiger charge is 2.51. The number of fused-ring (bicyclic) bond motifs is 6. The largest absolute Gasteiger partial charge is 0.456 e. The molecule has 2 nitrogen and oxygen atoms in total. The highest BCUT2D eigenvalue weighted by atomic mass is 16.3. The van der Waals surface area contributed by atoms with Crippen molar-refractivity contribution in [3.05, 3.63) is 125 Å². The van der Waals surface area contributed by atoms with Gasteiger partial charge in [0.1, 0.15) is 11.2 Å². The zero-order valence-electron chi connectivity index (χ0n) is 30.3. The van der Waals surface area contributed by atoms with E-state index >= 15 is 0 Å². The van der Waals surface area contributed by atoms with Crippen LogP contribution < -0.4 is 4.90 Å². The van der Waals surface area contributed by atoms with Gasteiger partial charge in [-0.05, 0) is 168 Å². The predicted octanol–water partition coefficient (Wildman–Crippen LogP) is 13.9. The van der Waals surface area contributed by atoms with Gasteiger partial charge in [0.05, 0.1) is 0 Å². The molecule has 0 aliphatic heterocycles. The van der Waals surface area contributed by atoms with E-state index in [1.54, 1.807) is 5.56 Å². The van der Waals surface area contributed by atoms with Crippen molar-refractivity contribution in [3.8, 4) is 11.1 Å². The van der Waals surface area contributed by atoms with Crippen LogP contribution in [-0.2, 0) is 10.8 Å². The van der Waals surface area contributed by atoms with Gasteiger partial charge in [0.2, 0.25) is 0 Å². The fourth-order valence-electron chi connectivity index (χ4n) is 12.3. The summed E-state index contributed by atoms with van der Waals surface area (Å²) in [5, 5.41) is 2.41. The first-order chi connectivity index (χ1) is 24.9. The molecular weight excluding hydrogens is 619 g/mol. The van der Waals surface area contributed by atoms with Crippen molar-refractivity contribution in [2.24, 2.45) is 17.8 Å². The van der Waals surface area contributed by atoms with Crippen LogP contribution >= 0.6 is 0 Å². The van der Waals surface area contributed by atoms with Gasteiger partial charge >= 0.3 is 0 Å². The first-order valence-corrected chi connectivity index (χ1v) is 20.0. The maximum Gasteiger partial charge on any atom is 0.136 e. The number of hydrogen-bond acceptors (Lipinski definition) is 2. The molecule has 0 radical (unpaired) electrons. The normalized spacial score (nSPS) is 26.1. The Morgan fingerprint density at radius 3 is 1.90 bits per heavy atom. The van der Waals surface area contributed by atoms with Gasteiger partial charge in [0.25, 0.3) is 0 Å². The van der Waals surface area contributed by atoms with Crippen molar-refractivity contribution in [2.75, 3.05) is 4.90 Å². The molecule has 2 heteroatoms. The number of hydrogen-bond donors (Lipinski definition) is 0. The number of rotatable bonds is 5. The van der Waals surface area contributed by atoms with Crippen molar-refractivity contribution in [3.63, 3.8) is 0 Å². The zero-order valence-corrected chi connectivity index (χ0v) is 30.3. The number of furan rings is 1. The van der Waals surface area contributed by atoms with Crippen LogP contribution in [0.5, 0.6) is 0 Å². The number of anilines is 3. The first kappa shape index (κ1) is 30.3. The lowest BCUT2D eigenvalue weighted by Gasteiger charge is -2.57. The lowest BCUT2D eigenvalue weighted by Crippen LogP contribution is -2.48. The second-order valence-electron chi connectivity index (χ2n) is 17.9. The zero-order chi connectivity index (χ0) is 33.9. The molecule has 0 amide bonds. The summed E-state index contributed by atoms with van der Waals surface area (Å²) < 4.78 is 6.37. The Bertz CT molecular complexity index is 2260. The average Bonchev–Trinajstić information content (AvgIpc) is 3.62. The van der Waals surface area contributed by atoms with Crippen molar-refractivity contribution in [2.45, 2.75) is 101 Å². The Morgan fingerprint density at radius 1 is 0.569 bits per heavy atom. The Morgan fingerprint density at radius 2 is 1.20 bits per heavy atom. The van der Waals surface area contributed by atoms with E-state index in [-0.39, 0.29) is 5.41 Å². The van der Waals surface area contributed by atoms with Crippen LogP contribution in [0.4, 0.5) is 17.1 Å². The van der Waals surface area contributed by atoms with E-state index in [4.69, 9.17) is 4.42 Å². The summed E-state index contributed by atoms with van der Waals surface area (Å²) in [5.41, 5.74) is 14.5. The third-order valence-corrected chi connectivity index (χ3v) is 14.4. The highest BCUT2D eigenvalue weighted by Crippen LogP contribution is 2.61. The van der Waals surface area contributed by atoms with Crippen LogP contribution in [0.15, 0.2) is 108 Å². The van der Waals surface area contributed by atoms with E-state index in [1.165, 1.54) is 126 Å². The fraction of sp³-hybridized carbons (Fsp3) is 0.388. The second-order valence-corrected chi connectivity index (χ2v) is 17.9. The molecule has 6 aliphatic rings. The Balaban J connectivity index is 1.00. The Kier molecular flexibility index (Phi) is 6.60. The van der Waals surface area contributed by atoms with E-state index in [0.717, 1.165) is 28.9 Å². The number of para-hydroxylation sites is 1. The molecule has 51 heavy (non-hydrogen) atoms. The number of nitrogens with zero attached hydrogens (tertiary/aromatic N) is 1. The molecule has 0 N–H and O–H groups in total. The summed E-state index contributed by atoms with van der Waals surface area (Å²) in [6.45, 7) is 4.80. The quantitative estimate of drug-likeness (QED) is 0.182. The molecule has 0 saturated heterocycles. The van der Waals surface area contributed by atoms with Crippen molar-refractivity contribution < 1.29 is 4.42 Å². The van der Waals surface area contributed by atoms with Crippen LogP contribution in [0.25, 0.3) is 33.1 Å². The predicted molar refractivity (Wildman–Crippen MR) is 212 cm³/mol. The van der Waals surface area contributed by atoms with E-state index in [2.05, 4.69) is 122 Å². The minimum atomic E-state index is -0.133. The summed E-state index contributed by atoms with van der Waals surface area (Å²) >= 11 is 0. The molecule has 1 heterocycles. The summed E-state index contributed by atoms with van der Waals surface area (Å²) in [7, 11) is 0. The number of benzene rings is 5. The summed E-state index contributed by atoms with van der Waals surface area (Å²) in [5.74, 6) is 3.57. The highest BCUT2D eigenvalue weighted by molar-refractivity contribution is 6.07. The van der Waals surface area contributed by atoms with Gasteiger partial charge in [-0.3, -0.25) is 0 Å².